The van der Waals surface area contributed by atoms with Gasteiger partial charge >= 0.3 is 0 Å². The highest BCUT2D eigenvalue weighted by atomic mass is 16.3. The SMILES string of the molecule is CC1C/C=C(\c2ccccc2)N=C(c2ccc(-n3c4ccccc4c4ccc5c(c6ccc7c8ccccc8oc7c6n5-c5ccccc5)c43)cc2)N=C1c1ccccc1. The first-order chi connectivity index (χ1) is 29.7. The molecule has 11 aromatic rings. The van der Waals surface area contributed by atoms with Gasteiger partial charge in [-0.3, -0.25) is 0 Å². The summed E-state index contributed by atoms with van der Waals surface area (Å²) in [7, 11) is 0. The zero-order valence-electron chi connectivity index (χ0n) is 33.0. The van der Waals surface area contributed by atoms with Gasteiger partial charge in [0.05, 0.1) is 33.5 Å². The van der Waals surface area contributed by atoms with Gasteiger partial charge in [0.15, 0.2) is 11.4 Å². The molecule has 0 bridgehead atoms. The van der Waals surface area contributed by atoms with E-state index in [2.05, 4.69) is 198 Å². The molecule has 1 unspecified atom stereocenters. The van der Waals surface area contributed by atoms with Crippen molar-refractivity contribution in [3.8, 4) is 11.4 Å². The predicted octanol–water partition coefficient (Wildman–Crippen LogP) is 14.1. The molecule has 1 aliphatic rings. The van der Waals surface area contributed by atoms with Crippen molar-refractivity contribution in [1.29, 1.82) is 0 Å². The number of nitrogens with zero attached hydrogens (tertiary/aromatic N) is 4. The molecule has 0 saturated heterocycles. The average molecular weight is 771 g/mol. The van der Waals surface area contributed by atoms with Crippen LogP contribution in [0.2, 0.25) is 0 Å². The zero-order chi connectivity index (χ0) is 39.7. The third-order valence-corrected chi connectivity index (χ3v) is 12.2. The summed E-state index contributed by atoms with van der Waals surface area (Å²) < 4.78 is 11.6. The van der Waals surface area contributed by atoms with Crippen LogP contribution in [0.15, 0.2) is 209 Å². The van der Waals surface area contributed by atoms with E-state index in [0.29, 0.717) is 5.84 Å². The highest BCUT2D eigenvalue weighted by Gasteiger charge is 2.24. The third-order valence-electron chi connectivity index (χ3n) is 12.2. The summed E-state index contributed by atoms with van der Waals surface area (Å²) in [6.07, 6.45) is 3.11. The summed E-state index contributed by atoms with van der Waals surface area (Å²) in [5, 5.41) is 6.97. The Bertz CT molecular complexity index is 3550. The molecule has 60 heavy (non-hydrogen) atoms. The van der Waals surface area contributed by atoms with Crippen molar-refractivity contribution in [1.82, 2.24) is 9.13 Å². The molecule has 284 valence electrons. The van der Waals surface area contributed by atoms with Crippen molar-refractivity contribution < 1.29 is 4.42 Å². The molecule has 0 amide bonds. The van der Waals surface area contributed by atoms with Crippen LogP contribution in [0.5, 0.6) is 0 Å². The molecule has 4 heterocycles. The van der Waals surface area contributed by atoms with E-state index in [0.717, 1.165) is 95.3 Å². The van der Waals surface area contributed by atoms with Gasteiger partial charge in [0.2, 0.25) is 0 Å². The molecule has 8 aromatic carbocycles. The minimum absolute atomic E-state index is 0.203. The lowest BCUT2D eigenvalue weighted by atomic mass is 9.93. The fourth-order valence-electron chi connectivity index (χ4n) is 9.38. The van der Waals surface area contributed by atoms with Gasteiger partial charge in [-0.25, -0.2) is 9.98 Å². The molecule has 12 rings (SSSR count). The summed E-state index contributed by atoms with van der Waals surface area (Å²) >= 11 is 0. The van der Waals surface area contributed by atoms with Gasteiger partial charge in [-0.15, -0.1) is 0 Å². The van der Waals surface area contributed by atoms with Gasteiger partial charge in [-0.1, -0.05) is 140 Å². The predicted molar refractivity (Wildman–Crippen MR) is 250 cm³/mol. The normalized spacial score (nSPS) is 15.7. The topological polar surface area (TPSA) is 47.7 Å². The number of hydrogen-bond donors (Lipinski definition) is 0. The van der Waals surface area contributed by atoms with Crippen LogP contribution < -0.4 is 0 Å². The lowest BCUT2D eigenvalue weighted by Crippen LogP contribution is -2.17. The second-order valence-corrected chi connectivity index (χ2v) is 15.8. The molecule has 0 saturated carbocycles. The van der Waals surface area contributed by atoms with E-state index in [1.165, 1.54) is 16.2 Å². The number of hydrogen-bond acceptors (Lipinski definition) is 3. The molecule has 1 atom stereocenters. The zero-order valence-corrected chi connectivity index (χ0v) is 33.0. The van der Waals surface area contributed by atoms with E-state index in [9.17, 15) is 0 Å². The number of rotatable bonds is 5. The van der Waals surface area contributed by atoms with E-state index in [-0.39, 0.29) is 5.92 Å². The van der Waals surface area contributed by atoms with Crippen LogP contribution in [0, 0.1) is 5.92 Å². The van der Waals surface area contributed by atoms with E-state index >= 15 is 0 Å². The molecular weight excluding hydrogens is 733 g/mol. The Morgan fingerprint density at radius 1 is 0.467 bits per heavy atom. The molecule has 0 fully saturated rings. The van der Waals surface area contributed by atoms with Gasteiger partial charge < -0.3 is 13.6 Å². The fourth-order valence-corrected chi connectivity index (χ4v) is 9.38. The highest BCUT2D eigenvalue weighted by molar-refractivity contribution is 6.30. The monoisotopic (exact) mass is 770 g/mol. The van der Waals surface area contributed by atoms with Crippen LogP contribution in [-0.2, 0) is 0 Å². The second kappa shape index (κ2) is 13.7. The number of para-hydroxylation sites is 3. The molecule has 0 radical (unpaired) electrons. The van der Waals surface area contributed by atoms with Gasteiger partial charge in [0.1, 0.15) is 5.58 Å². The lowest BCUT2D eigenvalue weighted by molar-refractivity contribution is 0.671. The first-order valence-corrected chi connectivity index (χ1v) is 20.6. The highest BCUT2D eigenvalue weighted by Crippen LogP contribution is 2.45. The molecule has 0 aliphatic carbocycles. The minimum atomic E-state index is 0.203. The summed E-state index contributed by atoms with van der Waals surface area (Å²) in [6.45, 7) is 2.26. The third kappa shape index (κ3) is 5.33. The van der Waals surface area contributed by atoms with Crippen LogP contribution in [-0.4, -0.2) is 20.7 Å². The Labute approximate surface area is 346 Å². The first kappa shape index (κ1) is 34.3. The van der Waals surface area contributed by atoms with Crippen molar-refractivity contribution in [2.24, 2.45) is 15.9 Å². The summed E-state index contributed by atoms with van der Waals surface area (Å²) in [5.74, 6) is 0.905. The number of allylic oxidation sites excluding steroid dienone is 1. The van der Waals surface area contributed by atoms with Crippen molar-refractivity contribution in [3.63, 3.8) is 0 Å². The van der Waals surface area contributed by atoms with Gasteiger partial charge in [0.25, 0.3) is 0 Å². The fraction of sp³-hybridized carbons (Fsp3) is 0.0545. The van der Waals surface area contributed by atoms with E-state index in [1.807, 2.05) is 12.1 Å². The summed E-state index contributed by atoms with van der Waals surface area (Å²) in [5.41, 5.74) is 13.6. The second-order valence-electron chi connectivity index (χ2n) is 15.8. The first-order valence-electron chi connectivity index (χ1n) is 20.6. The Morgan fingerprint density at radius 3 is 1.87 bits per heavy atom. The number of benzene rings is 8. The summed E-state index contributed by atoms with van der Waals surface area (Å²) in [6, 6.07) is 66.6. The molecule has 5 nitrogen and oxygen atoms in total. The van der Waals surface area contributed by atoms with Crippen molar-refractivity contribution in [2.75, 3.05) is 0 Å². The van der Waals surface area contributed by atoms with E-state index in [4.69, 9.17) is 14.4 Å². The largest absolute Gasteiger partial charge is 0.454 e. The van der Waals surface area contributed by atoms with Crippen LogP contribution in [0.3, 0.4) is 0 Å². The quantitative estimate of drug-likeness (QED) is 0.172. The van der Waals surface area contributed by atoms with Gasteiger partial charge in [-0.2, -0.15) is 0 Å². The average Bonchev–Trinajstić information content (AvgIpc) is 3.97. The maximum Gasteiger partial charge on any atom is 0.160 e. The molecule has 5 heteroatoms. The van der Waals surface area contributed by atoms with Crippen molar-refractivity contribution in [3.05, 3.63) is 211 Å². The smallest absolute Gasteiger partial charge is 0.160 e. The number of amidine groups is 1. The molecule has 0 N–H and O–H groups in total. The van der Waals surface area contributed by atoms with Gasteiger partial charge in [-0.05, 0) is 78.2 Å². The van der Waals surface area contributed by atoms with Crippen LogP contribution in [0.4, 0.5) is 0 Å². The van der Waals surface area contributed by atoms with Crippen LogP contribution >= 0.6 is 0 Å². The maximum absolute atomic E-state index is 6.76. The Kier molecular flexibility index (Phi) is 7.82. The van der Waals surface area contributed by atoms with Crippen molar-refractivity contribution >= 4 is 82.8 Å². The van der Waals surface area contributed by atoms with Crippen LogP contribution in [0.1, 0.15) is 30.0 Å². The molecule has 1 aliphatic heterocycles. The Morgan fingerprint density at radius 2 is 1.08 bits per heavy atom. The minimum Gasteiger partial charge on any atom is -0.454 e. The number of aliphatic imine (C=N–C) groups is 2. The van der Waals surface area contributed by atoms with E-state index in [1.54, 1.807) is 0 Å². The van der Waals surface area contributed by atoms with Gasteiger partial charge in [0, 0.05) is 55.2 Å². The number of furan rings is 1. The van der Waals surface area contributed by atoms with Crippen molar-refractivity contribution in [2.45, 2.75) is 13.3 Å². The Balaban J connectivity index is 1.11. The molecule has 0 spiro atoms. The standard InChI is InChI=1S/C55H38N4O/c1-35-25-33-46(36-15-5-2-6-16-36)56-55(57-51(35)37-17-7-3-8-18-37)38-26-28-40(29-27-38)58-47-23-13-11-21-41(47)43-32-34-48-50(52(43)58)45-31-30-44-42-22-12-14-24-49(42)60-54(44)53(45)59(48)39-19-9-4-10-20-39/h2-24,26-35H,25H2,1H3/b46-33+,56-55?,57-51?. The molecule has 3 aromatic heterocycles. The van der Waals surface area contributed by atoms with E-state index < -0.39 is 0 Å². The number of fused-ring (bicyclic) bond motifs is 11. The molecular formula is C55H38N4O. The number of aromatic nitrogens is 2. The lowest BCUT2D eigenvalue weighted by Gasteiger charge is -2.18. The maximum atomic E-state index is 6.76. The van der Waals surface area contributed by atoms with Crippen LogP contribution in [0.25, 0.3) is 82.6 Å². The summed E-state index contributed by atoms with van der Waals surface area (Å²) in [4.78, 5) is 10.7. The Hall–Kier alpha value is -7.76.